The maximum absolute atomic E-state index is 11.2. The zero-order valence-corrected chi connectivity index (χ0v) is 13.2. The van der Waals surface area contributed by atoms with Gasteiger partial charge < -0.3 is 15.8 Å². The zero-order chi connectivity index (χ0) is 16.8. The van der Waals surface area contributed by atoms with Crippen LogP contribution in [0.2, 0.25) is 0 Å². The molecule has 22 heavy (non-hydrogen) atoms. The Kier molecular flexibility index (Phi) is 6.30. The molecule has 1 aromatic rings. The topological polar surface area (TPSA) is 107 Å². The Balaban J connectivity index is 2.87. The van der Waals surface area contributed by atoms with Crippen LogP contribution in [-0.4, -0.2) is 23.0 Å². The fourth-order valence-electron chi connectivity index (χ4n) is 2.00. The molecule has 0 fully saturated rings. The van der Waals surface area contributed by atoms with E-state index in [-0.39, 0.29) is 22.9 Å². The van der Waals surface area contributed by atoms with E-state index < -0.39 is 4.92 Å². The minimum atomic E-state index is -0.504. The highest BCUT2D eigenvalue weighted by atomic mass is 16.6. The number of hydrogen-bond donors (Lipinski definition) is 2. The highest BCUT2D eigenvalue weighted by Crippen LogP contribution is 2.30. The Morgan fingerprint density at radius 2 is 2.05 bits per heavy atom. The molecule has 0 saturated heterocycles. The highest BCUT2D eigenvalue weighted by molar-refractivity contribution is 5.90. The molecule has 0 bridgehead atoms. The lowest BCUT2D eigenvalue weighted by Crippen LogP contribution is -2.39. The number of nitro benzene ring substituents is 1. The number of benzene rings is 1. The predicted molar refractivity (Wildman–Crippen MR) is 85.0 cm³/mol. The van der Waals surface area contributed by atoms with Crippen molar-refractivity contribution in [3.05, 3.63) is 28.3 Å². The van der Waals surface area contributed by atoms with E-state index in [1.54, 1.807) is 0 Å². The molecule has 3 N–H and O–H groups in total. The number of nitrogens with two attached hydrogens (primary N) is 1. The van der Waals surface area contributed by atoms with E-state index >= 15 is 0 Å². The lowest BCUT2D eigenvalue weighted by atomic mass is 9.91. The average molecular weight is 309 g/mol. The summed E-state index contributed by atoms with van der Waals surface area (Å²) in [6.07, 6.45) is 2.27. The minimum Gasteiger partial charge on any atom is -0.491 e. The number of carbonyl (C=O) groups is 1. The molecule has 0 aromatic heterocycles. The van der Waals surface area contributed by atoms with Crippen molar-refractivity contribution < 1.29 is 14.5 Å². The fourth-order valence-corrected chi connectivity index (χ4v) is 2.00. The number of nitrogens with zero attached hydrogens (tertiary/aromatic N) is 1. The molecular weight excluding hydrogens is 286 g/mol. The van der Waals surface area contributed by atoms with Crippen LogP contribution in [0.4, 0.5) is 11.4 Å². The number of rotatable bonds is 8. The molecule has 0 spiro atoms. The number of nitrogens with one attached hydrogen (secondary N) is 1. The first-order valence-corrected chi connectivity index (χ1v) is 7.29. The van der Waals surface area contributed by atoms with Gasteiger partial charge in [-0.2, -0.15) is 0 Å². The van der Waals surface area contributed by atoms with Crippen LogP contribution in [0.5, 0.6) is 5.75 Å². The van der Waals surface area contributed by atoms with Crippen LogP contribution >= 0.6 is 0 Å². The van der Waals surface area contributed by atoms with Gasteiger partial charge in [0.25, 0.3) is 5.69 Å². The molecule has 0 aliphatic carbocycles. The van der Waals surface area contributed by atoms with E-state index in [9.17, 15) is 14.9 Å². The number of amides is 1. The van der Waals surface area contributed by atoms with Gasteiger partial charge >= 0.3 is 0 Å². The first kappa shape index (κ1) is 17.9. The summed E-state index contributed by atoms with van der Waals surface area (Å²) in [6, 6.07) is 4.09. The second kappa shape index (κ2) is 7.74. The molecule has 0 aliphatic rings. The van der Waals surface area contributed by atoms with Crippen LogP contribution in [0.15, 0.2) is 18.2 Å². The van der Waals surface area contributed by atoms with Crippen molar-refractivity contribution >= 4 is 17.3 Å². The third-order valence-corrected chi connectivity index (χ3v) is 3.75. The van der Waals surface area contributed by atoms with E-state index in [0.29, 0.717) is 18.7 Å². The number of carbonyl (C=O) groups excluding carboxylic acids is 1. The molecule has 0 radical (unpaired) electrons. The van der Waals surface area contributed by atoms with Crippen molar-refractivity contribution in [2.24, 2.45) is 5.73 Å². The van der Waals surface area contributed by atoms with Gasteiger partial charge in [-0.05, 0) is 25.3 Å². The van der Waals surface area contributed by atoms with Crippen molar-refractivity contribution in [1.82, 2.24) is 0 Å². The van der Waals surface area contributed by atoms with E-state index in [1.807, 2.05) is 13.8 Å². The van der Waals surface area contributed by atoms with E-state index in [1.165, 1.54) is 25.1 Å². The molecule has 1 rings (SSSR count). The Labute approximate surface area is 130 Å². The Bertz CT molecular complexity index is 542. The number of non-ortho nitro benzene ring substituents is 1. The summed E-state index contributed by atoms with van der Waals surface area (Å²) in [5.74, 6) is 0.00736. The number of anilines is 1. The van der Waals surface area contributed by atoms with Gasteiger partial charge in [-0.1, -0.05) is 13.8 Å². The van der Waals surface area contributed by atoms with Gasteiger partial charge in [-0.15, -0.1) is 0 Å². The predicted octanol–water partition coefficient (Wildman–Crippen LogP) is 2.84. The molecule has 1 amide bonds. The first-order valence-electron chi connectivity index (χ1n) is 7.29. The van der Waals surface area contributed by atoms with Gasteiger partial charge in [0.05, 0.1) is 23.3 Å². The van der Waals surface area contributed by atoms with Crippen LogP contribution in [0, 0.1) is 10.1 Å². The highest BCUT2D eigenvalue weighted by Gasteiger charge is 2.20. The summed E-state index contributed by atoms with van der Waals surface area (Å²) in [6.45, 7) is 5.72. The van der Waals surface area contributed by atoms with E-state index in [4.69, 9.17) is 10.5 Å². The van der Waals surface area contributed by atoms with Crippen molar-refractivity contribution in [3.63, 3.8) is 0 Å². The first-order chi connectivity index (χ1) is 10.3. The molecule has 1 aromatic carbocycles. The maximum atomic E-state index is 11.2. The Morgan fingerprint density at radius 3 is 2.55 bits per heavy atom. The lowest BCUT2D eigenvalue weighted by molar-refractivity contribution is -0.384. The van der Waals surface area contributed by atoms with Gasteiger partial charge in [-0.25, -0.2) is 0 Å². The van der Waals surface area contributed by atoms with Crippen LogP contribution < -0.4 is 15.8 Å². The smallest absolute Gasteiger partial charge is 0.273 e. The molecule has 7 nitrogen and oxygen atoms in total. The van der Waals surface area contributed by atoms with Crippen LogP contribution in [0.3, 0.4) is 0 Å². The standard InChI is InChI=1S/C15H23N3O4/c1-4-15(16,5-2)8-9-22-14-10-12(18(20)21)6-7-13(14)17-11(3)19/h6-7,10H,4-5,8-9,16H2,1-3H3,(H,17,19). The summed E-state index contributed by atoms with van der Waals surface area (Å²) < 4.78 is 5.63. The summed E-state index contributed by atoms with van der Waals surface area (Å²) in [7, 11) is 0. The van der Waals surface area contributed by atoms with E-state index in [2.05, 4.69) is 5.32 Å². The number of hydrogen-bond acceptors (Lipinski definition) is 5. The third-order valence-electron chi connectivity index (χ3n) is 3.75. The Hall–Kier alpha value is -2.15. The van der Waals surface area contributed by atoms with Gasteiger partial charge in [-0.3, -0.25) is 14.9 Å². The summed E-state index contributed by atoms with van der Waals surface area (Å²) in [4.78, 5) is 21.5. The van der Waals surface area contributed by atoms with Crippen LogP contribution in [0.25, 0.3) is 0 Å². The van der Waals surface area contributed by atoms with Crippen molar-refractivity contribution in [3.8, 4) is 5.75 Å². The fraction of sp³-hybridized carbons (Fsp3) is 0.533. The molecule has 0 heterocycles. The SMILES string of the molecule is CCC(N)(CC)CCOc1cc([N+](=O)[O-])ccc1NC(C)=O. The molecule has 122 valence electrons. The normalized spacial score (nSPS) is 11.1. The quantitative estimate of drug-likeness (QED) is 0.567. The van der Waals surface area contributed by atoms with Crippen molar-refractivity contribution in [1.29, 1.82) is 0 Å². The van der Waals surface area contributed by atoms with Crippen molar-refractivity contribution in [2.45, 2.75) is 45.6 Å². The largest absolute Gasteiger partial charge is 0.491 e. The molecule has 0 saturated carbocycles. The zero-order valence-electron chi connectivity index (χ0n) is 13.2. The summed E-state index contributed by atoms with van der Waals surface area (Å²) in [5, 5.41) is 13.5. The molecule has 0 aliphatic heterocycles. The summed E-state index contributed by atoms with van der Waals surface area (Å²) >= 11 is 0. The van der Waals surface area contributed by atoms with E-state index in [0.717, 1.165) is 12.8 Å². The second-order valence-corrected chi connectivity index (χ2v) is 5.29. The summed E-state index contributed by atoms with van der Waals surface area (Å²) in [5.41, 5.74) is 6.21. The number of ether oxygens (including phenoxy) is 1. The minimum absolute atomic E-state index is 0.0888. The molecule has 0 atom stereocenters. The average Bonchev–Trinajstić information content (AvgIpc) is 2.47. The monoisotopic (exact) mass is 309 g/mol. The third kappa shape index (κ3) is 5.00. The second-order valence-electron chi connectivity index (χ2n) is 5.29. The van der Waals surface area contributed by atoms with Gasteiger partial charge in [0.1, 0.15) is 5.75 Å². The van der Waals surface area contributed by atoms with Crippen LogP contribution in [-0.2, 0) is 4.79 Å². The number of nitro groups is 1. The maximum Gasteiger partial charge on any atom is 0.273 e. The van der Waals surface area contributed by atoms with Gasteiger partial charge in [0, 0.05) is 18.5 Å². The van der Waals surface area contributed by atoms with Crippen LogP contribution in [0.1, 0.15) is 40.0 Å². The van der Waals surface area contributed by atoms with Gasteiger partial charge in [0.15, 0.2) is 0 Å². The Morgan fingerprint density at radius 1 is 1.41 bits per heavy atom. The van der Waals surface area contributed by atoms with Crippen molar-refractivity contribution in [2.75, 3.05) is 11.9 Å². The lowest BCUT2D eigenvalue weighted by Gasteiger charge is -2.26. The van der Waals surface area contributed by atoms with Gasteiger partial charge in [0.2, 0.25) is 5.91 Å². The molecule has 0 unspecified atom stereocenters. The molecule has 7 heteroatoms. The molecular formula is C15H23N3O4.